The van der Waals surface area contributed by atoms with E-state index in [0.717, 1.165) is 31.7 Å². The topological polar surface area (TPSA) is 93.3 Å². The summed E-state index contributed by atoms with van der Waals surface area (Å²) in [5.74, 6) is 0.733. The SMILES string of the molecule is O=C(CCn1nnc2ccccc2c1=O)NCC(c1ccco1)N1CCCC1. The van der Waals surface area contributed by atoms with E-state index in [2.05, 4.69) is 20.5 Å². The molecule has 1 fully saturated rings. The molecule has 2 aromatic heterocycles. The molecule has 4 rings (SSSR count). The minimum atomic E-state index is -0.232. The molecule has 3 aromatic rings. The van der Waals surface area contributed by atoms with Gasteiger partial charge in [0.1, 0.15) is 11.3 Å². The van der Waals surface area contributed by atoms with E-state index >= 15 is 0 Å². The molecule has 1 amide bonds. The fourth-order valence-corrected chi connectivity index (χ4v) is 3.62. The first-order valence-electron chi connectivity index (χ1n) is 9.59. The number of carbonyl (C=O) groups is 1. The number of likely N-dealkylation sites (tertiary alicyclic amines) is 1. The van der Waals surface area contributed by atoms with Crippen molar-refractivity contribution in [3.8, 4) is 0 Å². The Morgan fingerprint density at radius 1 is 1.18 bits per heavy atom. The third kappa shape index (κ3) is 3.96. The van der Waals surface area contributed by atoms with Crippen LogP contribution in [0.3, 0.4) is 0 Å². The molecule has 8 nitrogen and oxygen atoms in total. The molecule has 1 atom stereocenters. The molecule has 1 aliphatic heterocycles. The molecule has 1 saturated heterocycles. The maximum Gasteiger partial charge on any atom is 0.277 e. The summed E-state index contributed by atoms with van der Waals surface area (Å²) in [6.07, 6.45) is 4.15. The second kappa shape index (κ2) is 8.35. The highest BCUT2D eigenvalue weighted by atomic mass is 16.3. The van der Waals surface area contributed by atoms with Crippen molar-refractivity contribution in [1.82, 2.24) is 25.2 Å². The van der Waals surface area contributed by atoms with Gasteiger partial charge in [-0.25, -0.2) is 4.68 Å². The van der Waals surface area contributed by atoms with Crippen LogP contribution >= 0.6 is 0 Å². The van der Waals surface area contributed by atoms with Crippen molar-refractivity contribution in [2.45, 2.75) is 31.8 Å². The molecule has 0 radical (unpaired) electrons. The predicted molar refractivity (Wildman–Crippen MR) is 104 cm³/mol. The van der Waals surface area contributed by atoms with Crippen LogP contribution < -0.4 is 10.9 Å². The zero-order chi connectivity index (χ0) is 19.3. The van der Waals surface area contributed by atoms with E-state index < -0.39 is 0 Å². The van der Waals surface area contributed by atoms with Gasteiger partial charge in [0, 0.05) is 13.0 Å². The molecule has 28 heavy (non-hydrogen) atoms. The molecule has 1 unspecified atom stereocenters. The van der Waals surface area contributed by atoms with Crippen molar-refractivity contribution < 1.29 is 9.21 Å². The van der Waals surface area contributed by atoms with Crippen LogP contribution in [-0.4, -0.2) is 45.4 Å². The fourth-order valence-electron chi connectivity index (χ4n) is 3.62. The van der Waals surface area contributed by atoms with Crippen molar-refractivity contribution in [2.24, 2.45) is 0 Å². The summed E-state index contributed by atoms with van der Waals surface area (Å²) in [4.78, 5) is 27.1. The summed E-state index contributed by atoms with van der Waals surface area (Å²) in [7, 11) is 0. The number of amides is 1. The number of nitrogens with one attached hydrogen (secondary N) is 1. The van der Waals surface area contributed by atoms with E-state index in [4.69, 9.17) is 4.42 Å². The Bertz CT molecular complexity index is 992. The van der Waals surface area contributed by atoms with E-state index in [0.29, 0.717) is 17.4 Å². The summed E-state index contributed by atoms with van der Waals surface area (Å²) in [6.45, 7) is 2.68. The van der Waals surface area contributed by atoms with Crippen LogP contribution in [0.4, 0.5) is 0 Å². The Kier molecular flexibility index (Phi) is 5.48. The minimum absolute atomic E-state index is 0.0321. The summed E-state index contributed by atoms with van der Waals surface area (Å²) in [6, 6.07) is 10.9. The molecule has 1 aliphatic rings. The molecule has 3 heterocycles. The van der Waals surface area contributed by atoms with E-state index in [-0.39, 0.29) is 30.5 Å². The number of rotatable bonds is 7. The number of nitrogens with zero attached hydrogens (tertiary/aromatic N) is 4. The lowest BCUT2D eigenvalue weighted by molar-refractivity contribution is -0.121. The average molecular weight is 381 g/mol. The van der Waals surface area contributed by atoms with Crippen molar-refractivity contribution in [1.29, 1.82) is 0 Å². The Morgan fingerprint density at radius 2 is 2.00 bits per heavy atom. The van der Waals surface area contributed by atoms with Gasteiger partial charge in [-0.3, -0.25) is 14.5 Å². The average Bonchev–Trinajstić information content (AvgIpc) is 3.43. The van der Waals surface area contributed by atoms with Crippen LogP contribution in [0.15, 0.2) is 51.9 Å². The third-order valence-electron chi connectivity index (χ3n) is 5.13. The second-order valence-corrected chi connectivity index (χ2v) is 6.96. The molecule has 8 heteroatoms. The van der Waals surface area contributed by atoms with Crippen molar-refractivity contribution in [3.63, 3.8) is 0 Å². The number of hydrogen-bond donors (Lipinski definition) is 1. The lowest BCUT2D eigenvalue weighted by atomic mass is 10.2. The van der Waals surface area contributed by atoms with Gasteiger partial charge < -0.3 is 9.73 Å². The Balaban J connectivity index is 1.36. The molecule has 0 saturated carbocycles. The predicted octanol–water partition coefficient (Wildman–Crippen LogP) is 1.73. The number of benzene rings is 1. The first kappa shape index (κ1) is 18.4. The zero-order valence-electron chi connectivity index (χ0n) is 15.6. The first-order valence-corrected chi connectivity index (χ1v) is 9.59. The molecule has 0 aliphatic carbocycles. The maximum absolute atomic E-state index is 12.4. The van der Waals surface area contributed by atoms with Crippen molar-refractivity contribution in [2.75, 3.05) is 19.6 Å². The van der Waals surface area contributed by atoms with Gasteiger partial charge in [0.15, 0.2) is 0 Å². The fraction of sp³-hybridized carbons (Fsp3) is 0.400. The quantitative estimate of drug-likeness (QED) is 0.670. The zero-order valence-corrected chi connectivity index (χ0v) is 15.6. The normalized spacial score (nSPS) is 15.7. The van der Waals surface area contributed by atoms with Gasteiger partial charge in [0.2, 0.25) is 5.91 Å². The van der Waals surface area contributed by atoms with Crippen LogP contribution in [0.2, 0.25) is 0 Å². The van der Waals surface area contributed by atoms with Crippen molar-refractivity contribution >= 4 is 16.8 Å². The van der Waals surface area contributed by atoms with Gasteiger partial charge >= 0.3 is 0 Å². The van der Waals surface area contributed by atoms with Gasteiger partial charge in [0.25, 0.3) is 5.56 Å². The van der Waals surface area contributed by atoms with E-state index in [1.54, 1.807) is 24.5 Å². The molecule has 0 spiro atoms. The second-order valence-electron chi connectivity index (χ2n) is 6.96. The number of fused-ring (bicyclic) bond motifs is 1. The molecule has 0 bridgehead atoms. The Morgan fingerprint density at radius 3 is 2.79 bits per heavy atom. The highest BCUT2D eigenvalue weighted by Gasteiger charge is 2.25. The van der Waals surface area contributed by atoms with Crippen LogP contribution in [0.25, 0.3) is 10.9 Å². The van der Waals surface area contributed by atoms with E-state index in [1.165, 1.54) is 4.68 Å². The van der Waals surface area contributed by atoms with Gasteiger partial charge in [0.05, 0.1) is 24.2 Å². The van der Waals surface area contributed by atoms with Crippen molar-refractivity contribution in [3.05, 3.63) is 58.8 Å². The van der Waals surface area contributed by atoms with Crippen LogP contribution in [-0.2, 0) is 11.3 Å². The Labute approximate surface area is 162 Å². The minimum Gasteiger partial charge on any atom is -0.468 e. The lowest BCUT2D eigenvalue weighted by Gasteiger charge is -2.26. The number of carbonyl (C=O) groups excluding carboxylic acids is 1. The van der Waals surface area contributed by atoms with Crippen LogP contribution in [0, 0.1) is 0 Å². The summed E-state index contributed by atoms with van der Waals surface area (Å²) < 4.78 is 6.81. The number of aromatic nitrogens is 3. The van der Waals surface area contributed by atoms with E-state index in [9.17, 15) is 9.59 Å². The van der Waals surface area contributed by atoms with Gasteiger partial charge in [-0.1, -0.05) is 17.3 Å². The largest absolute Gasteiger partial charge is 0.468 e. The summed E-state index contributed by atoms with van der Waals surface area (Å²) in [5.41, 5.74) is 0.323. The highest BCUT2D eigenvalue weighted by molar-refractivity contribution is 5.77. The van der Waals surface area contributed by atoms with Gasteiger partial charge in [-0.15, -0.1) is 5.10 Å². The highest BCUT2D eigenvalue weighted by Crippen LogP contribution is 2.24. The van der Waals surface area contributed by atoms with Gasteiger partial charge in [-0.05, 0) is 50.2 Å². The maximum atomic E-state index is 12.4. The van der Waals surface area contributed by atoms with Crippen LogP contribution in [0.5, 0.6) is 0 Å². The van der Waals surface area contributed by atoms with Gasteiger partial charge in [-0.2, -0.15) is 0 Å². The summed E-state index contributed by atoms with van der Waals surface area (Å²) in [5, 5.41) is 11.4. The lowest BCUT2D eigenvalue weighted by Crippen LogP contribution is -2.37. The summed E-state index contributed by atoms with van der Waals surface area (Å²) >= 11 is 0. The molecule has 146 valence electrons. The van der Waals surface area contributed by atoms with E-state index in [1.807, 2.05) is 18.2 Å². The Hall–Kier alpha value is -3.00. The molecular formula is C20H23N5O3. The molecule has 1 N–H and O–H groups in total. The first-order chi connectivity index (χ1) is 13.7. The number of aryl methyl sites for hydroxylation is 1. The monoisotopic (exact) mass is 381 g/mol. The molecule has 1 aromatic carbocycles. The number of hydrogen-bond acceptors (Lipinski definition) is 6. The molecular weight excluding hydrogens is 358 g/mol. The standard InChI is InChI=1S/C20H23N5O3/c26-19(9-12-25-20(27)15-6-1-2-7-16(15)22-23-25)21-14-17(18-8-5-13-28-18)24-10-3-4-11-24/h1-2,5-8,13,17H,3-4,9-12,14H2,(H,21,26). The third-order valence-corrected chi connectivity index (χ3v) is 5.13. The van der Waals surface area contributed by atoms with Crippen LogP contribution in [0.1, 0.15) is 31.1 Å². The smallest absolute Gasteiger partial charge is 0.277 e. The number of furan rings is 1.